The van der Waals surface area contributed by atoms with Crippen molar-refractivity contribution in [3.63, 3.8) is 0 Å². The highest BCUT2D eigenvalue weighted by molar-refractivity contribution is 7.90. The second-order valence-corrected chi connectivity index (χ2v) is 9.35. The third kappa shape index (κ3) is 4.64. The zero-order valence-electron chi connectivity index (χ0n) is 18.2. The maximum absolute atomic E-state index is 11.7. The van der Waals surface area contributed by atoms with Gasteiger partial charge < -0.3 is 14.5 Å². The molecule has 0 bridgehead atoms. The fourth-order valence-electron chi connectivity index (χ4n) is 3.25. The van der Waals surface area contributed by atoms with Crippen LogP contribution in [-0.2, 0) is 9.84 Å². The van der Waals surface area contributed by atoms with Crippen LogP contribution in [0.1, 0.15) is 5.69 Å². The third-order valence-corrected chi connectivity index (χ3v) is 5.87. The largest absolute Gasteiger partial charge is 0.452 e. The number of hydrogen-bond donors (Lipinski definition) is 1. The summed E-state index contributed by atoms with van der Waals surface area (Å²) in [6, 6.07) is 17.0. The summed E-state index contributed by atoms with van der Waals surface area (Å²) in [5, 5.41) is 9.32. The van der Waals surface area contributed by atoms with Gasteiger partial charge in [-0.05, 0) is 36.4 Å². The van der Waals surface area contributed by atoms with Crippen LogP contribution in [0.3, 0.4) is 0 Å². The first-order chi connectivity index (χ1) is 16.9. The Hall–Kier alpha value is -4.82. The van der Waals surface area contributed by atoms with Gasteiger partial charge in [0.05, 0.1) is 17.2 Å². The van der Waals surface area contributed by atoms with Crippen LogP contribution < -0.4 is 9.47 Å². The zero-order valence-corrected chi connectivity index (χ0v) is 19.0. The lowest BCUT2D eigenvalue weighted by Crippen LogP contribution is -2.00. The first-order valence-electron chi connectivity index (χ1n) is 10.2. The van der Waals surface area contributed by atoms with Crippen molar-refractivity contribution in [1.29, 1.82) is 5.26 Å². The van der Waals surface area contributed by atoms with E-state index in [1.807, 2.05) is 24.3 Å². The Kier molecular flexibility index (Phi) is 5.56. The van der Waals surface area contributed by atoms with Gasteiger partial charge in [-0.1, -0.05) is 6.07 Å². The van der Waals surface area contributed by atoms with Crippen LogP contribution in [0.25, 0.3) is 22.6 Å². The molecule has 0 aliphatic heterocycles. The lowest BCUT2D eigenvalue weighted by molar-refractivity contribution is 0.416. The molecule has 0 unspecified atom stereocenters. The number of nitrogens with zero attached hydrogens (tertiary/aromatic N) is 5. The Morgan fingerprint density at radius 3 is 2.46 bits per heavy atom. The minimum Gasteiger partial charge on any atom is -0.452 e. The maximum atomic E-state index is 11.7. The molecule has 0 fully saturated rings. The van der Waals surface area contributed by atoms with E-state index < -0.39 is 9.84 Å². The number of aromatic amines is 1. The number of nitriles is 1. The molecular formula is C24H16N6O4S. The van der Waals surface area contributed by atoms with Crippen LogP contribution in [-0.4, -0.2) is 39.6 Å². The van der Waals surface area contributed by atoms with Crippen molar-refractivity contribution in [3.8, 4) is 40.6 Å². The van der Waals surface area contributed by atoms with Gasteiger partial charge in [0.1, 0.15) is 17.5 Å². The van der Waals surface area contributed by atoms with Crippen LogP contribution in [0.5, 0.6) is 23.0 Å². The average Bonchev–Trinajstić information content (AvgIpc) is 3.28. The summed E-state index contributed by atoms with van der Waals surface area (Å²) < 4.78 is 35.4. The van der Waals surface area contributed by atoms with Gasteiger partial charge in [-0.2, -0.15) is 5.26 Å². The predicted octanol–water partition coefficient (Wildman–Crippen LogP) is 4.27. The standard InChI is InChI=1S/C24H16N6O4S/c1-35(31,32)23-8-7-15(14-28-23)33-21-11-17-18(30-24(29-17)16-5-2-3-9-26-16)12-22(21)34-20-6-4-10-27-19(20)13-25/h2-12,14H,1H3,(H,29,30). The van der Waals surface area contributed by atoms with E-state index in [2.05, 4.69) is 24.9 Å². The highest BCUT2D eigenvalue weighted by Gasteiger charge is 2.17. The molecule has 5 aromatic rings. The van der Waals surface area contributed by atoms with Crippen molar-refractivity contribution in [2.45, 2.75) is 5.03 Å². The smallest absolute Gasteiger partial charge is 0.192 e. The number of fused-ring (bicyclic) bond motifs is 1. The monoisotopic (exact) mass is 484 g/mol. The van der Waals surface area contributed by atoms with Gasteiger partial charge >= 0.3 is 0 Å². The highest BCUT2D eigenvalue weighted by atomic mass is 32.2. The molecule has 0 aliphatic rings. The van der Waals surface area contributed by atoms with Gasteiger partial charge in [0.2, 0.25) is 0 Å². The molecule has 4 aromatic heterocycles. The molecule has 1 N–H and O–H groups in total. The van der Waals surface area contributed by atoms with E-state index >= 15 is 0 Å². The SMILES string of the molecule is CS(=O)(=O)c1ccc(Oc2cc3[nH]c(-c4ccccn4)nc3cc2Oc2cccnc2C#N)cn1. The zero-order chi connectivity index (χ0) is 24.4. The molecule has 5 rings (SSSR count). The number of nitrogens with one attached hydrogen (secondary N) is 1. The second-order valence-electron chi connectivity index (χ2n) is 7.39. The minimum atomic E-state index is -3.45. The van der Waals surface area contributed by atoms with Crippen LogP contribution in [0, 0.1) is 11.3 Å². The Morgan fingerprint density at radius 2 is 1.74 bits per heavy atom. The van der Waals surface area contributed by atoms with Crippen LogP contribution in [0.15, 0.2) is 78.2 Å². The molecule has 1 aromatic carbocycles. The quantitative estimate of drug-likeness (QED) is 0.373. The number of rotatable bonds is 6. The molecule has 35 heavy (non-hydrogen) atoms. The Labute approximate surface area is 199 Å². The van der Waals surface area contributed by atoms with E-state index in [9.17, 15) is 13.7 Å². The average molecular weight is 484 g/mol. The summed E-state index contributed by atoms with van der Waals surface area (Å²) in [5.41, 5.74) is 2.00. The molecule has 0 radical (unpaired) electrons. The van der Waals surface area contributed by atoms with E-state index in [1.54, 1.807) is 30.5 Å². The number of hydrogen-bond acceptors (Lipinski definition) is 9. The molecule has 4 heterocycles. The van der Waals surface area contributed by atoms with Gasteiger partial charge in [-0.15, -0.1) is 0 Å². The molecule has 11 heteroatoms. The van der Waals surface area contributed by atoms with Gasteiger partial charge in [0.15, 0.2) is 43.6 Å². The number of aromatic nitrogens is 5. The number of H-pyrrole nitrogens is 1. The third-order valence-electron chi connectivity index (χ3n) is 4.87. The van der Waals surface area contributed by atoms with Crippen LogP contribution in [0.4, 0.5) is 0 Å². The van der Waals surface area contributed by atoms with Crippen molar-refractivity contribution >= 4 is 20.9 Å². The molecule has 0 atom stereocenters. The van der Waals surface area contributed by atoms with Gasteiger partial charge in [0.25, 0.3) is 0 Å². The van der Waals surface area contributed by atoms with Crippen molar-refractivity contribution in [1.82, 2.24) is 24.9 Å². The highest BCUT2D eigenvalue weighted by Crippen LogP contribution is 2.38. The Bertz CT molecular complexity index is 1680. The normalized spacial score (nSPS) is 11.2. The van der Waals surface area contributed by atoms with E-state index in [4.69, 9.17) is 9.47 Å². The van der Waals surface area contributed by atoms with E-state index in [0.717, 1.165) is 6.26 Å². The predicted molar refractivity (Wildman–Crippen MR) is 126 cm³/mol. The summed E-state index contributed by atoms with van der Waals surface area (Å²) >= 11 is 0. The number of sulfone groups is 1. The maximum Gasteiger partial charge on any atom is 0.192 e. The van der Waals surface area contributed by atoms with E-state index in [0.29, 0.717) is 22.6 Å². The van der Waals surface area contributed by atoms with Crippen molar-refractivity contribution in [3.05, 3.63) is 78.9 Å². The number of imidazole rings is 1. The first kappa shape index (κ1) is 22.0. The summed E-state index contributed by atoms with van der Waals surface area (Å²) in [5.74, 6) is 1.65. The molecule has 0 aliphatic carbocycles. The topological polar surface area (TPSA) is 144 Å². The second kappa shape index (κ2) is 8.85. The Morgan fingerprint density at radius 1 is 0.914 bits per heavy atom. The fraction of sp³-hybridized carbons (Fsp3) is 0.0417. The molecular weight excluding hydrogens is 468 g/mol. The Balaban J connectivity index is 1.59. The van der Waals surface area contributed by atoms with Crippen molar-refractivity contribution in [2.24, 2.45) is 0 Å². The molecule has 10 nitrogen and oxygen atoms in total. The summed E-state index contributed by atoms with van der Waals surface area (Å²) in [7, 11) is -3.45. The van der Waals surface area contributed by atoms with Crippen LogP contribution in [0.2, 0.25) is 0 Å². The lowest BCUT2D eigenvalue weighted by Gasteiger charge is -2.13. The number of ether oxygens (including phenoxy) is 2. The summed E-state index contributed by atoms with van der Waals surface area (Å²) in [4.78, 5) is 20.1. The molecule has 0 saturated carbocycles. The molecule has 0 spiro atoms. The summed E-state index contributed by atoms with van der Waals surface area (Å²) in [6.07, 6.45) is 5.55. The van der Waals surface area contributed by atoms with Crippen molar-refractivity contribution in [2.75, 3.05) is 6.26 Å². The molecule has 0 amide bonds. The van der Waals surface area contributed by atoms with Gasteiger partial charge in [-0.3, -0.25) is 4.98 Å². The van der Waals surface area contributed by atoms with Gasteiger partial charge in [-0.25, -0.2) is 23.4 Å². The molecule has 0 saturated heterocycles. The number of benzene rings is 1. The van der Waals surface area contributed by atoms with Crippen LogP contribution >= 0.6 is 0 Å². The lowest BCUT2D eigenvalue weighted by atomic mass is 10.2. The van der Waals surface area contributed by atoms with E-state index in [-0.39, 0.29) is 33.7 Å². The van der Waals surface area contributed by atoms with E-state index in [1.165, 1.54) is 24.5 Å². The first-order valence-corrected chi connectivity index (χ1v) is 12.1. The fourth-order valence-corrected chi connectivity index (χ4v) is 3.81. The molecule has 172 valence electrons. The summed E-state index contributed by atoms with van der Waals surface area (Å²) in [6.45, 7) is 0. The minimum absolute atomic E-state index is 0.0700. The van der Waals surface area contributed by atoms with Crippen molar-refractivity contribution < 1.29 is 17.9 Å². The van der Waals surface area contributed by atoms with Gasteiger partial charge in [0, 0.05) is 30.8 Å². The number of pyridine rings is 3.